The van der Waals surface area contributed by atoms with Gasteiger partial charge in [0.2, 0.25) is 5.91 Å². The summed E-state index contributed by atoms with van der Waals surface area (Å²) in [7, 11) is 0.204. The van der Waals surface area contributed by atoms with Crippen LogP contribution in [0.1, 0.15) is 109 Å². The van der Waals surface area contributed by atoms with Crippen LogP contribution in [0.25, 0.3) is 0 Å². The summed E-state index contributed by atoms with van der Waals surface area (Å²) in [5.41, 5.74) is 2.25. The molecule has 2 atom stereocenters. The number of carbonyl (C=O) groups is 1. The van der Waals surface area contributed by atoms with E-state index < -0.39 is 27.3 Å². The van der Waals surface area contributed by atoms with Crippen molar-refractivity contribution >= 4 is 27.1 Å². The number of rotatable bonds is 17. The number of anilines is 2. The summed E-state index contributed by atoms with van der Waals surface area (Å²) < 4.78 is 29.3. The Morgan fingerprint density at radius 1 is 0.935 bits per heavy atom. The number of sulfone groups is 1. The van der Waals surface area contributed by atoms with Crippen molar-refractivity contribution in [2.75, 3.05) is 56.2 Å². The van der Waals surface area contributed by atoms with Crippen molar-refractivity contribution in [3.8, 4) is 0 Å². The monoisotopic (exact) mass is 721 g/mol. The number of hydrogen-bond acceptors (Lipinski definition) is 5. The molecule has 9 heteroatoms. The first kappa shape index (κ1) is 40.2. The Hall–Kier alpha value is -1.94. The Bertz CT molecular complexity index is 1340. The maximum absolute atomic E-state index is 14.1. The van der Waals surface area contributed by atoms with E-state index in [1.807, 2.05) is 55.4 Å². The quantitative estimate of drug-likeness (QED) is 0.187. The number of quaternary nitrogens is 1. The van der Waals surface area contributed by atoms with Gasteiger partial charge >= 0.3 is 0 Å². The minimum Gasteiger partial charge on any atom is -1.00 e. The number of nitrogens with one attached hydrogen (secondary N) is 1. The van der Waals surface area contributed by atoms with Gasteiger partial charge in [0, 0.05) is 43.2 Å². The van der Waals surface area contributed by atoms with E-state index in [2.05, 4.69) is 39.9 Å². The Labute approximate surface area is 290 Å². The largest absolute Gasteiger partial charge is 1.00 e. The number of fused-ring (bicyclic) bond motifs is 1. The molecular formula is C37H60BrN3O4S. The number of aliphatic hydroxyl groups is 1. The molecule has 0 spiro atoms. The van der Waals surface area contributed by atoms with E-state index in [1.165, 1.54) is 0 Å². The molecule has 1 aliphatic rings. The number of aliphatic hydroxyl groups excluding tert-OH is 1. The summed E-state index contributed by atoms with van der Waals surface area (Å²) in [6.45, 7) is 15.4. The lowest BCUT2D eigenvalue weighted by atomic mass is 9.68. The van der Waals surface area contributed by atoms with Gasteiger partial charge in [0.25, 0.3) is 0 Å². The van der Waals surface area contributed by atoms with Crippen LogP contribution >= 0.6 is 0 Å². The van der Waals surface area contributed by atoms with Gasteiger partial charge in [-0.15, -0.1) is 0 Å². The van der Waals surface area contributed by atoms with E-state index in [-0.39, 0.29) is 28.6 Å². The summed E-state index contributed by atoms with van der Waals surface area (Å²) in [5, 5.41) is 15.5. The molecule has 1 heterocycles. The van der Waals surface area contributed by atoms with Crippen LogP contribution in [0, 0.1) is 5.41 Å². The number of unbranched alkanes of at least 4 members (excludes halogenated alkanes) is 3. The second kappa shape index (κ2) is 18.0. The van der Waals surface area contributed by atoms with E-state index in [4.69, 9.17) is 0 Å². The first-order chi connectivity index (χ1) is 21.4. The fraction of sp³-hybridized carbons (Fsp3) is 0.649. The first-order valence-electron chi connectivity index (χ1n) is 17.4. The molecule has 0 aliphatic carbocycles. The van der Waals surface area contributed by atoms with Gasteiger partial charge in [-0.05, 0) is 87.9 Å². The van der Waals surface area contributed by atoms with Crippen LogP contribution in [0.15, 0.2) is 47.4 Å². The normalized spacial score (nSPS) is 18.6. The molecular weight excluding hydrogens is 662 g/mol. The molecule has 2 aromatic carbocycles. The molecule has 0 saturated carbocycles. The third-order valence-electron chi connectivity index (χ3n) is 10.5. The lowest BCUT2D eigenvalue weighted by Gasteiger charge is -2.40. The second-order valence-corrected chi connectivity index (χ2v) is 15.5. The molecule has 0 bridgehead atoms. The molecule has 1 amide bonds. The topological polar surface area (TPSA) is 86.7 Å². The second-order valence-electron chi connectivity index (χ2n) is 13.5. The van der Waals surface area contributed by atoms with Crippen molar-refractivity contribution < 1.29 is 39.8 Å². The fourth-order valence-corrected chi connectivity index (χ4v) is 9.49. The SMILES string of the molecule is CCCCC1(CCCC)CS(=O)(=O)c2ccc(N(C)C)cc2[C@@H](c2cccc(NC(=O)CCCC[N+](CC)(CC)CC)c2)[C@H]1O.[Br-]. The smallest absolute Gasteiger partial charge is 0.224 e. The number of hydrogen-bond donors (Lipinski definition) is 2. The van der Waals surface area contributed by atoms with Crippen LogP contribution in [-0.2, 0) is 14.6 Å². The number of benzene rings is 2. The zero-order chi connectivity index (χ0) is 33.3. The van der Waals surface area contributed by atoms with Crippen molar-refractivity contribution in [3.63, 3.8) is 0 Å². The highest BCUT2D eigenvalue weighted by Crippen LogP contribution is 2.50. The van der Waals surface area contributed by atoms with Crippen molar-refractivity contribution in [1.29, 1.82) is 0 Å². The van der Waals surface area contributed by atoms with Gasteiger partial charge in [0.1, 0.15) is 0 Å². The van der Waals surface area contributed by atoms with Gasteiger partial charge in [-0.3, -0.25) is 4.79 Å². The van der Waals surface area contributed by atoms with Gasteiger partial charge in [-0.25, -0.2) is 8.42 Å². The summed E-state index contributed by atoms with van der Waals surface area (Å²) >= 11 is 0. The van der Waals surface area contributed by atoms with Crippen molar-refractivity contribution in [3.05, 3.63) is 53.6 Å². The maximum Gasteiger partial charge on any atom is 0.224 e. The summed E-state index contributed by atoms with van der Waals surface area (Å²) in [4.78, 5) is 15.3. The zero-order valence-corrected chi connectivity index (χ0v) is 31.9. The molecule has 260 valence electrons. The standard InChI is InChI=1S/C37H59N3O4S.BrH/c1-8-13-23-37(24-14-9-2)28-45(43,44)33-22-21-31(39(6)7)27-32(33)35(36(37)42)29-18-17-19-30(26-29)38-34(41)20-15-16-25-40(10-3,11-4)12-5;/h17-19,21-22,26-27,35-36,42H,8-16,20,23-25,28H2,1-7H3;1H/t35-,36-;/m1./s1. The Kier molecular flexibility index (Phi) is 15.7. The predicted octanol–water partition coefficient (Wildman–Crippen LogP) is 4.39. The van der Waals surface area contributed by atoms with Gasteiger partial charge in [-0.2, -0.15) is 0 Å². The summed E-state index contributed by atoms with van der Waals surface area (Å²) in [6, 6.07) is 13.2. The Morgan fingerprint density at radius 2 is 1.57 bits per heavy atom. The number of amides is 1. The van der Waals surface area contributed by atoms with Crippen molar-refractivity contribution in [2.45, 2.75) is 109 Å². The molecule has 46 heavy (non-hydrogen) atoms. The molecule has 3 rings (SSSR count). The fourth-order valence-electron chi connectivity index (χ4n) is 7.30. The Balaban J connectivity index is 0.00000736. The summed E-state index contributed by atoms with van der Waals surface area (Å²) in [6.07, 6.45) is 6.28. The molecule has 0 fully saturated rings. The number of halogens is 1. The van der Waals surface area contributed by atoms with E-state index in [1.54, 1.807) is 6.07 Å². The average Bonchev–Trinajstić information content (AvgIpc) is 3.09. The molecule has 0 aromatic heterocycles. The molecule has 0 unspecified atom stereocenters. The van der Waals surface area contributed by atoms with Gasteiger partial charge < -0.3 is 36.8 Å². The number of carbonyl (C=O) groups excluding carboxylic acids is 1. The highest BCUT2D eigenvalue weighted by atomic mass is 79.9. The minimum absolute atomic E-state index is 0. The minimum atomic E-state index is -3.67. The maximum atomic E-state index is 14.1. The van der Waals surface area contributed by atoms with E-state index in [0.29, 0.717) is 35.4 Å². The first-order valence-corrected chi connectivity index (χ1v) is 19.0. The average molecular weight is 723 g/mol. The van der Waals surface area contributed by atoms with E-state index >= 15 is 0 Å². The molecule has 0 saturated heterocycles. The van der Waals surface area contributed by atoms with Gasteiger partial charge in [-0.1, -0.05) is 51.7 Å². The van der Waals surface area contributed by atoms with Crippen LogP contribution < -0.4 is 27.2 Å². The summed E-state index contributed by atoms with van der Waals surface area (Å²) in [5.74, 6) is -0.628. The molecule has 2 N–H and O–H groups in total. The lowest BCUT2D eigenvalue weighted by molar-refractivity contribution is -0.923. The molecule has 0 radical (unpaired) electrons. The van der Waals surface area contributed by atoms with E-state index in [0.717, 1.165) is 80.4 Å². The van der Waals surface area contributed by atoms with Crippen LogP contribution in [-0.4, -0.2) is 76.0 Å². The van der Waals surface area contributed by atoms with Crippen molar-refractivity contribution in [2.24, 2.45) is 5.41 Å². The third-order valence-corrected chi connectivity index (χ3v) is 12.5. The van der Waals surface area contributed by atoms with Crippen LogP contribution in [0.2, 0.25) is 0 Å². The lowest BCUT2D eigenvalue weighted by Crippen LogP contribution is -3.00. The molecule has 1 aliphatic heterocycles. The molecule has 7 nitrogen and oxygen atoms in total. The van der Waals surface area contributed by atoms with Crippen molar-refractivity contribution in [1.82, 2.24) is 0 Å². The zero-order valence-electron chi connectivity index (χ0n) is 29.4. The highest BCUT2D eigenvalue weighted by Gasteiger charge is 2.49. The van der Waals surface area contributed by atoms with Gasteiger partial charge in [0.05, 0.1) is 42.9 Å². The van der Waals surface area contributed by atoms with E-state index in [9.17, 15) is 18.3 Å². The van der Waals surface area contributed by atoms with Crippen LogP contribution in [0.5, 0.6) is 0 Å². The number of nitrogens with zero attached hydrogens (tertiary/aromatic N) is 2. The predicted molar refractivity (Wildman–Crippen MR) is 188 cm³/mol. The molecule has 2 aromatic rings. The third kappa shape index (κ3) is 9.57. The van der Waals surface area contributed by atoms with Crippen LogP contribution in [0.3, 0.4) is 0 Å². The van der Waals surface area contributed by atoms with Crippen LogP contribution in [0.4, 0.5) is 11.4 Å². The Morgan fingerprint density at radius 3 is 2.13 bits per heavy atom. The van der Waals surface area contributed by atoms with Gasteiger partial charge in [0.15, 0.2) is 9.84 Å². The highest BCUT2D eigenvalue weighted by molar-refractivity contribution is 7.91.